The molecule has 1 aliphatic heterocycles. The number of aromatic nitrogens is 2. The molecule has 3 heterocycles. The highest BCUT2D eigenvalue weighted by molar-refractivity contribution is 5.94. The molecule has 0 saturated carbocycles. The third kappa shape index (κ3) is 4.87. The number of hydrogen-bond donors (Lipinski definition) is 0. The Morgan fingerprint density at radius 2 is 2.00 bits per heavy atom. The monoisotopic (exact) mass is 434 g/mol. The van der Waals surface area contributed by atoms with Crippen molar-refractivity contribution in [3.8, 4) is 0 Å². The lowest BCUT2D eigenvalue weighted by Gasteiger charge is -2.35. The summed E-state index contributed by atoms with van der Waals surface area (Å²) in [5, 5.41) is 0. The summed E-state index contributed by atoms with van der Waals surface area (Å²) in [6, 6.07) is 14.8. The number of pyridine rings is 1. The van der Waals surface area contributed by atoms with Crippen molar-refractivity contribution in [2.24, 2.45) is 0 Å². The Morgan fingerprint density at radius 1 is 1.19 bits per heavy atom. The lowest BCUT2D eigenvalue weighted by molar-refractivity contribution is 0.0584. The Hall–Kier alpha value is -2.70. The van der Waals surface area contributed by atoms with E-state index < -0.39 is 0 Å². The van der Waals surface area contributed by atoms with Gasteiger partial charge in [-0.1, -0.05) is 42.8 Å². The summed E-state index contributed by atoms with van der Waals surface area (Å²) in [7, 11) is 3.64. The van der Waals surface area contributed by atoms with Gasteiger partial charge in [0.05, 0.1) is 12.3 Å². The molecule has 1 aromatic carbocycles. The number of ether oxygens (including phenoxy) is 1. The van der Waals surface area contributed by atoms with E-state index in [1.807, 2.05) is 50.5 Å². The summed E-state index contributed by atoms with van der Waals surface area (Å²) >= 11 is 0. The molecule has 2 aromatic heterocycles. The summed E-state index contributed by atoms with van der Waals surface area (Å²) in [5.41, 5.74) is 4.71. The van der Waals surface area contributed by atoms with E-state index in [0.29, 0.717) is 24.8 Å². The largest absolute Gasteiger partial charge is 0.383 e. The fourth-order valence-corrected chi connectivity index (χ4v) is 4.64. The SMILES string of the molecule is COC[C@@H]1CCCCN1Cc1c(C(=O)N(C)CCc2ccccc2)nc2c(C)cccn12. The Balaban J connectivity index is 1.61. The zero-order chi connectivity index (χ0) is 22.5. The van der Waals surface area contributed by atoms with Crippen LogP contribution in [0.1, 0.15) is 46.6 Å². The van der Waals surface area contributed by atoms with E-state index in [0.717, 1.165) is 42.9 Å². The molecule has 0 spiro atoms. The van der Waals surface area contributed by atoms with Crippen molar-refractivity contribution in [2.75, 3.05) is 33.9 Å². The standard InChI is InChI=1S/C26H34N4O2/c1-20-10-9-16-30-23(18-29-15-8-7-13-22(29)19-32-3)24(27-25(20)30)26(31)28(2)17-14-21-11-5-4-6-12-21/h4-6,9-12,16,22H,7-8,13-15,17-19H2,1-3H3/t22-/m0/s1. The van der Waals surface area contributed by atoms with Gasteiger partial charge in [0, 0.05) is 39.5 Å². The third-order valence-corrected chi connectivity index (χ3v) is 6.53. The first-order valence-corrected chi connectivity index (χ1v) is 11.6. The number of hydrogen-bond acceptors (Lipinski definition) is 4. The molecule has 4 rings (SSSR count). The molecule has 1 fully saturated rings. The molecule has 6 nitrogen and oxygen atoms in total. The quantitative estimate of drug-likeness (QED) is 0.539. The molecular weight excluding hydrogens is 400 g/mol. The Bertz CT molecular complexity index is 1040. The second kappa shape index (κ2) is 10.3. The van der Waals surface area contributed by atoms with Crippen molar-refractivity contribution >= 4 is 11.6 Å². The number of likely N-dealkylation sites (N-methyl/N-ethyl adjacent to an activating group) is 1. The van der Waals surface area contributed by atoms with Gasteiger partial charge in [-0.15, -0.1) is 0 Å². The number of likely N-dealkylation sites (tertiary alicyclic amines) is 1. The number of carbonyl (C=O) groups is 1. The number of aryl methyl sites for hydroxylation is 1. The molecule has 0 N–H and O–H groups in total. The van der Waals surface area contributed by atoms with Crippen molar-refractivity contribution < 1.29 is 9.53 Å². The molecule has 1 aliphatic rings. The smallest absolute Gasteiger partial charge is 0.274 e. The summed E-state index contributed by atoms with van der Waals surface area (Å²) < 4.78 is 7.59. The minimum atomic E-state index is -0.0145. The summed E-state index contributed by atoms with van der Waals surface area (Å²) in [4.78, 5) is 22.6. The zero-order valence-corrected chi connectivity index (χ0v) is 19.5. The van der Waals surface area contributed by atoms with Gasteiger partial charge in [0.15, 0.2) is 5.69 Å². The number of carbonyl (C=O) groups excluding carboxylic acids is 1. The maximum Gasteiger partial charge on any atom is 0.274 e. The first-order valence-electron chi connectivity index (χ1n) is 11.6. The van der Waals surface area contributed by atoms with Crippen molar-refractivity contribution in [3.63, 3.8) is 0 Å². The molecule has 1 amide bonds. The highest BCUT2D eigenvalue weighted by atomic mass is 16.5. The Morgan fingerprint density at radius 3 is 2.78 bits per heavy atom. The van der Waals surface area contributed by atoms with Crippen LogP contribution in [0.5, 0.6) is 0 Å². The molecule has 6 heteroatoms. The maximum atomic E-state index is 13.5. The molecule has 0 bridgehead atoms. The van der Waals surface area contributed by atoms with Gasteiger partial charge in [0.1, 0.15) is 5.65 Å². The second-order valence-corrected chi connectivity index (χ2v) is 8.83. The number of amides is 1. The Kier molecular flexibility index (Phi) is 7.22. The average Bonchev–Trinajstić information content (AvgIpc) is 3.19. The van der Waals surface area contributed by atoms with Crippen molar-refractivity contribution in [1.29, 1.82) is 0 Å². The van der Waals surface area contributed by atoms with E-state index in [9.17, 15) is 4.79 Å². The van der Waals surface area contributed by atoms with E-state index in [-0.39, 0.29) is 5.91 Å². The van der Waals surface area contributed by atoms with Gasteiger partial charge < -0.3 is 14.0 Å². The van der Waals surface area contributed by atoms with Crippen LogP contribution in [0.3, 0.4) is 0 Å². The lowest BCUT2D eigenvalue weighted by Crippen LogP contribution is -2.42. The van der Waals surface area contributed by atoms with Gasteiger partial charge in [-0.3, -0.25) is 9.69 Å². The predicted molar refractivity (Wildman–Crippen MR) is 127 cm³/mol. The summed E-state index contributed by atoms with van der Waals surface area (Å²) in [5.74, 6) is -0.0145. The van der Waals surface area contributed by atoms with Gasteiger partial charge in [-0.25, -0.2) is 4.98 Å². The number of nitrogens with zero attached hydrogens (tertiary/aromatic N) is 4. The highest BCUT2D eigenvalue weighted by Crippen LogP contribution is 2.24. The molecule has 1 atom stereocenters. The predicted octanol–water partition coefficient (Wildman–Crippen LogP) is 3.96. The molecule has 32 heavy (non-hydrogen) atoms. The number of fused-ring (bicyclic) bond motifs is 1. The van der Waals surface area contributed by atoms with Crippen LogP contribution >= 0.6 is 0 Å². The van der Waals surface area contributed by atoms with E-state index in [2.05, 4.69) is 21.4 Å². The fourth-order valence-electron chi connectivity index (χ4n) is 4.64. The van der Waals surface area contributed by atoms with Gasteiger partial charge >= 0.3 is 0 Å². The molecule has 170 valence electrons. The minimum Gasteiger partial charge on any atom is -0.383 e. The molecular formula is C26H34N4O2. The number of piperidine rings is 1. The molecule has 1 saturated heterocycles. The van der Waals surface area contributed by atoms with Crippen LogP contribution in [0.25, 0.3) is 5.65 Å². The summed E-state index contributed by atoms with van der Waals surface area (Å²) in [6.45, 7) is 5.14. The normalized spacial score (nSPS) is 17.0. The van der Waals surface area contributed by atoms with Crippen molar-refractivity contribution in [1.82, 2.24) is 19.2 Å². The van der Waals surface area contributed by atoms with Crippen LogP contribution in [0, 0.1) is 6.92 Å². The molecule has 0 radical (unpaired) electrons. The van der Waals surface area contributed by atoms with E-state index in [1.165, 1.54) is 18.4 Å². The van der Waals surface area contributed by atoms with Crippen LogP contribution < -0.4 is 0 Å². The van der Waals surface area contributed by atoms with E-state index in [4.69, 9.17) is 9.72 Å². The van der Waals surface area contributed by atoms with Gasteiger partial charge in [-0.05, 0) is 49.9 Å². The number of benzene rings is 1. The zero-order valence-electron chi connectivity index (χ0n) is 19.5. The number of rotatable bonds is 8. The topological polar surface area (TPSA) is 50.1 Å². The minimum absolute atomic E-state index is 0.0145. The first-order chi connectivity index (χ1) is 15.6. The number of methoxy groups -OCH3 is 1. The third-order valence-electron chi connectivity index (χ3n) is 6.53. The molecule has 0 aliphatic carbocycles. The highest BCUT2D eigenvalue weighted by Gasteiger charge is 2.28. The number of imidazole rings is 1. The second-order valence-electron chi connectivity index (χ2n) is 8.83. The van der Waals surface area contributed by atoms with Gasteiger partial charge in [-0.2, -0.15) is 0 Å². The molecule has 0 unspecified atom stereocenters. The fraction of sp³-hybridized carbons (Fsp3) is 0.462. The maximum absolute atomic E-state index is 13.5. The van der Waals surface area contributed by atoms with E-state index >= 15 is 0 Å². The van der Waals surface area contributed by atoms with Gasteiger partial charge in [0.25, 0.3) is 5.91 Å². The Labute approximate surface area is 190 Å². The average molecular weight is 435 g/mol. The van der Waals surface area contributed by atoms with Crippen LogP contribution in [0.15, 0.2) is 48.7 Å². The lowest BCUT2D eigenvalue weighted by atomic mass is 10.0. The molecule has 3 aromatic rings. The van der Waals surface area contributed by atoms with Gasteiger partial charge in [0.2, 0.25) is 0 Å². The van der Waals surface area contributed by atoms with Crippen LogP contribution in [0.2, 0.25) is 0 Å². The van der Waals surface area contributed by atoms with Crippen molar-refractivity contribution in [2.45, 2.75) is 45.2 Å². The van der Waals surface area contributed by atoms with Crippen molar-refractivity contribution in [3.05, 3.63) is 71.2 Å². The van der Waals surface area contributed by atoms with Crippen LogP contribution in [0.4, 0.5) is 0 Å². The van der Waals surface area contributed by atoms with Crippen LogP contribution in [-0.4, -0.2) is 65.0 Å². The van der Waals surface area contributed by atoms with E-state index in [1.54, 1.807) is 12.0 Å². The van der Waals surface area contributed by atoms with Crippen LogP contribution in [-0.2, 0) is 17.7 Å². The summed E-state index contributed by atoms with van der Waals surface area (Å²) in [6.07, 6.45) is 6.39. The first kappa shape index (κ1) is 22.5.